The van der Waals surface area contributed by atoms with Crippen molar-refractivity contribution in [3.05, 3.63) is 47.9 Å². The van der Waals surface area contributed by atoms with Gasteiger partial charge in [-0.3, -0.25) is 9.78 Å². The molecule has 3 aromatic heterocycles. The lowest BCUT2D eigenvalue weighted by Gasteiger charge is -2.08. The Balaban J connectivity index is 1.63. The number of carbonyl (C=O) groups is 1. The monoisotopic (exact) mass is 313 g/mol. The van der Waals surface area contributed by atoms with Crippen LogP contribution in [0.25, 0.3) is 11.4 Å². The van der Waals surface area contributed by atoms with Crippen molar-refractivity contribution in [2.45, 2.75) is 26.3 Å². The number of pyridine rings is 1. The number of carbonyl (C=O) groups excluding carboxylic acids is 1. The van der Waals surface area contributed by atoms with Gasteiger partial charge in [0, 0.05) is 24.0 Å². The van der Waals surface area contributed by atoms with E-state index in [0.717, 1.165) is 11.3 Å². The van der Waals surface area contributed by atoms with Crippen molar-refractivity contribution in [3.8, 4) is 11.4 Å². The van der Waals surface area contributed by atoms with E-state index in [2.05, 4.69) is 25.6 Å². The first kappa shape index (κ1) is 14.9. The highest BCUT2D eigenvalue weighted by Crippen LogP contribution is 2.17. The zero-order valence-corrected chi connectivity index (χ0v) is 12.7. The fraction of sp³-hybridized carbons (Fsp3) is 0.267. The van der Waals surface area contributed by atoms with Gasteiger partial charge in [0.15, 0.2) is 0 Å². The predicted octanol–water partition coefficient (Wildman–Crippen LogP) is 1.85. The summed E-state index contributed by atoms with van der Waals surface area (Å²) in [5.41, 5.74) is 1.53. The lowest BCUT2D eigenvalue weighted by molar-refractivity contribution is -0.121. The van der Waals surface area contributed by atoms with Gasteiger partial charge in [0.25, 0.3) is 0 Å². The molecule has 8 nitrogen and oxygen atoms in total. The molecule has 0 aromatic carbocycles. The van der Waals surface area contributed by atoms with Gasteiger partial charge in [0.2, 0.25) is 17.6 Å². The van der Waals surface area contributed by atoms with Crippen LogP contribution in [0.5, 0.6) is 0 Å². The Kier molecular flexibility index (Phi) is 4.13. The van der Waals surface area contributed by atoms with Gasteiger partial charge in [-0.2, -0.15) is 4.98 Å². The fourth-order valence-corrected chi connectivity index (χ4v) is 2.04. The molecule has 0 saturated heterocycles. The zero-order chi connectivity index (χ0) is 16.2. The molecule has 0 aliphatic heterocycles. The summed E-state index contributed by atoms with van der Waals surface area (Å²) in [5, 5.41) is 10.4. The molecular weight excluding hydrogens is 298 g/mol. The maximum absolute atomic E-state index is 12.0. The van der Waals surface area contributed by atoms with Crippen LogP contribution in [0.4, 0.5) is 0 Å². The molecule has 1 atom stereocenters. The van der Waals surface area contributed by atoms with E-state index >= 15 is 0 Å². The van der Waals surface area contributed by atoms with E-state index in [0.29, 0.717) is 17.5 Å². The van der Waals surface area contributed by atoms with Gasteiger partial charge in [-0.1, -0.05) is 10.3 Å². The summed E-state index contributed by atoms with van der Waals surface area (Å²) in [5.74, 6) is 1.08. The van der Waals surface area contributed by atoms with Gasteiger partial charge < -0.3 is 14.4 Å². The van der Waals surface area contributed by atoms with Gasteiger partial charge in [0.1, 0.15) is 11.8 Å². The number of nitrogens with one attached hydrogen (secondary N) is 1. The average molecular weight is 313 g/mol. The second kappa shape index (κ2) is 6.39. The van der Waals surface area contributed by atoms with Crippen LogP contribution in [0, 0.1) is 6.92 Å². The minimum Gasteiger partial charge on any atom is -0.361 e. The third-order valence-electron chi connectivity index (χ3n) is 3.14. The van der Waals surface area contributed by atoms with Gasteiger partial charge in [-0.15, -0.1) is 0 Å². The van der Waals surface area contributed by atoms with Crippen molar-refractivity contribution >= 4 is 5.91 Å². The van der Waals surface area contributed by atoms with Crippen molar-refractivity contribution in [2.24, 2.45) is 0 Å². The molecule has 8 heteroatoms. The number of amides is 1. The maximum atomic E-state index is 12.0. The van der Waals surface area contributed by atoms with Crippen molar-refractivity contribution in [1.29, 1.82) is 0 Å². The quantitative estimate of drug-likeness (QED) is 0.765. The summed E-state index contributed by atoms with van der Waals surface area (Å²) in [7, 11) is 0. The number of hydrogen-bond donors (Lipinski definition) is 1. The predicted molar refractivity (Wildman–Crippen MR) is 79.0 cm³/mol. The van der Waals surface area contributed by atoms with Crippen molar-refractivity contribution in [3.63, 3.8) is 0 Å². The largest absolute Gasteiger partial charge is 0.361 e. The SMILES string of the molecule is Cc1cc(CC(=O)N[C@@H](C)c2nc(-c3ccncc3)no2)on1. The topological polar surface area (TPSA) is 107 Å². The van der Waals surface area contributed by atoms with Crippen LogP contribution in [0.3, 0.4) is 0 Å². The molecule has 0 radical (unpaired) electrons. The van der Waals surface area contributed by atoms with E-state index in [-0.39, 0.29) is 12.3 Å². The third-order valence-corrected chi connectivity index (χ3v) is 3.14. The Morgan fingerprint density at radius 1 is 1.26 bits per heavy atom. The Morgan fingerprint density at radius 3 is 2.74 bits per heavy atom. The molecule has 3 heterocycles. The molecule has 3 rings (SSSR count). The van der Waals surface area contributed by atoms with Crippen molar-refractivity contribution in [1.82, 2.24) is 25.6 Å². The molecule has 3 aromatic rings. The van der Waals surface area contributed by atoms with Crippen LogP contribution in [0.2, 0.25) is 0 Å². The van der Waals surface area contributed by atoms with Crippen molar-refractivity contribution in [2.75, 3.05) is 0 Å². The smallest absolute Gasteiger partial charge is 0.249 e. The summed E-state index contributed by atoms with van der Waals surface area (Å²) in [6.07, 6.45) is 3.41. The van der Waals surface area contributed by atoms with Crippen LogP contribution in [0.1, 0.15) is 30.3 Å². The van der Waals surface area contributed by atoms with Gasteiger partial charge >= 0.3 is 0 Å². The summed E-state index contributed by atoms with van der Waals surface area (Å²) in [6, 6.07) is 4.88. The maximum Gasteiger partial charge on any atom is 0.249 e. The van der Waals surface area contributed by atoms with Crippen LogP contribution < -0.4 is 5.32 Å². The van der Waals surface area contributed by atoms with E-state index < -0.39 is 6.04 Å². The highest BCUT2D eigenvalue weighted by atomic mass is 16.5. The number of hydrogen-bond acceptors (Lipinski definition) is 7. The van der Waals surface area contributed by atoms with E-state index in [9.17, 15) is 4.79 Å². The molecule has 118 valence electrons. The highest BCUT2D eigenvalue weighted by molar-refractivity contribution is 5.78. The van der Waals surface area contributed by atoms with Crippen LogP contribution in [-0.4, -0.2) is 26.2 Å². The molecule has 0 fully saturated rings. The first-order valence-electron chi connectivity index (χ1n) is 7.07. The van der Waals surface area contributed by atoms with Gasteiger partial charge in [-0.25, -0.2) is 0 Å². The first-order valence-corrected chi connectivity index (χ1v) is 7.07. The standard InChI is InChI=1S/C15H15N5O3/c1-9-7-12(22-19-9)8-13(21)17-10(2)15-18-14(20-23-15)11-3-5-16-6-4-11/h3-7,10H,8H2,1-2H3,(H,17,21)/t10-/m0/s1. The Bertz CT molecular complexity index is 796. The number of rotatable bonds is 5. The van der Waals surface area contributed by atoms with E-state index in [1.807, 2.05) is 0 Å². The number of aryl methyl sites for hydroxylation is 1. The molecular formula is C15H15N5O3. The highest BCUT2D eigenvalue weighted by Gasteiger charge is 2.18. The Morgan fingerprint density at radius 2 is 2.04 bits per heavy atom. The molecule has 0 saturated carbocycles. The lowest BCUT2D eigenvalue weighted by atomic mass is 10.2. The minimum atomic E-state index is -0.408. The second-order valence-electron chi connectivity index (χ2n) is 5.09. The second-order valence-corrected chi connectivity index (χ2v) is 5.09. The van der Waals surface area contributed by atoms with Crippen LogP contribution >= 0.6 is 0 Å². The summed E-state index contributed by atoms with van der Waals surface area (Å²) in [4.78, 5) is 20.2. The van der Waals surface area contributed by atoms with Crippen molar-refractivity contribution < 1.29 is 13.8 Å². The van der Waals surface area contributed by atoms with E-state index in [4.69, 9.17) is 9.05 Å². The number of nitrogens with zero attached hydrogens (tertiary/aromatic N) is 4. The molecule has 0 aliphatic rings. The molecule has 0 unspecified atom stereocenters. The summed E-state index contributed by atoms with van der Waals surface area (Å²) >= 11 is 0. The molecule has 0 bridgehead atoms. The molecule has 0 spiro atoms. The normalized spacial score (nSPS) is 12.1. The van der Waals surface area contributed by atoms with Gasteiger partial charge in [-0.05, 0) is 26.0 Å². The molecule has 0 aliphatic carbocycles. The fourth-order valence-electron chi connectivity index (χ4n) is 2.04. The minimum absolute atomic E-state index is 0.108. The summed E-state index contributed by atoms with van der Waals surface area (Å²) < 4.78 is 10.2. The first-order chi connectivity index (χ1) is 11.1. The third kappa shape index (κ3) is 3.60. The lowest BCUT2D eigenvalue weighted by Crippen LogP contribution is -2.28. The Hall–Kier alpha value is -3.03. The molecule has 1 N–H and O–H groups in total. The molecule has 23 heavy (non-hydrogen) atoms. The molecule has 1 amide bonds. The Labute approximate surface area is 131 Å². The van der Waals surface area contributed by atoms with E-state index in [1.165, 1.54) is 0 Å². The van der Waals surface area contributed by atoms with Crippen LogP contribution in [0.15, 0.2) is 39.6 Å². The summed E-state index contributed by atoms with van der Waals surface area (Å²) in [6.45, 7) is 3.57. The average Bonchev–Trinajstić information content (AvgIpc) is 3.17. The van der Waals surface area contributed by atoms with Gasteiger partial charge in [0.05, 0.1) is 12.1 Å². The number of aromatic nitrogens is 4. The van der Waals surface area contributed by atoms with E-state index in [1.54, 1.807) is 44.4 Å². The van der Waals surface area contributed by atoms with Crippen LogP contribution in [-0.2, 0) is 11.2 Å². The zero-order valence-electron chi connectivity index (χ0n) is 12.7.